The number of hydrogen-bond donors (Lipinski definition) is 4. The number of nitrogens with zero attached hydrogens (tertiary/aromatic N) is 4. The second-order valence-corrected chi connectivity index (χ2v) is 10.0. The lowest BCUT2D eigenvalue weighted by molar-refractivity contribution is -0.156. The molecule has 5 N–H and O–H groups in total. The molecule has 2 amide bonds. The average Bonchev–Trinajstić information content (AvgIpc) is 3.27. The fourth-order valence-electron chi connectivity index (χ4n) is 3.86. The summed E-state index contributed by atoms with van der Waals surface area (Å²) in [5.41, 5.74) is 4.65. The normalized spacial score (nSPS) is 23.3. The average molecular weight is 524 g/mol. The number of nitrogens with two attached hydrogens (primary N) is 1. The summed E-state index contributed by atoms with van der Waals surface area (Å²) in [5.74, 6) is -3.06. The van der Waals surface area contributed by atoms with E-state index in [0.29, 0.717) is 5.69 Å². The Bertz CT molecular complexity index is 1160. The van der Waals surface area contributed by atoms with Crippen LogP contribution in [0.15, 0.2) is 33.9 Å². The first-order valence-corrected chi connectivity index (χ1v) is 12.3. The number of carbonyl (C=O) groups is 4. The smallest absolute Gasteiger partial charge is 0.313 e. The van der Waals surface area contributed by atoms with Gasteiger partial charge in [0, 0.05) is 23.7 Å². The van der Waals surface area contributed by atoms with Crippen LogP contribution in [0.3, 0.4) is 0 Å². The number of benzene rings is 1. The Morgan fingerprint density at radius 3 is 2.60 bits per heavy atom. The van der Waals surface area contributed by atoms with Gasteiger partial charge in [-0.1, -0.05) is 11.8 Å². The largest absolute Gasteiger partial charge is 0.508 e. The minimum Gasteiger partial charge on any atom is -0.508 e. The van der Waals surface area contributed by atoms with Crippen molar-refractivity contribution in [2.24, 2.45) is 11.1 Å². The molecule has 0 radical (unpaired) electrons. The second kappa shape index (κ2) is 9.75. The molecule has 4 rings (SSSR count). The highest BCUT2D eigenvalue weighted by molar-refractivity contribution is 8.00. The van der Waals surface area contributed by atoms with Crippen LogP contribution in [0.5, 0.6) is 5.75 Å². The Morgan fingerprint density at radius 2 is 1.97 bits per heavy atom. The standard InChI is InChI=1S/C20H21N5O8S2/c21-6-13(27)25(10-1-3-11(26)4-2-10)15-16(30)24-7-20(18(31)32,8-34-17(15)24)9-35-19-23-22-12(33-19)5-14(28)29/h1-4,15,17,26H,5-9,21H2,(H,28,29)(H,31,32)/t15?,17-,20?/m1/s1. The minimum absolute atomic E-state index is 0.00238. The molecule has 2 aromatic rings. The van der Waals surface area contributed by atoms with Crippen LogP contribution in [0.1, 0.15) is 5.89 Å². The lowest BCUT2D eigenvalue weighted by Gasteiger charge is -2.56. The highest BCUT2D eigenvalue weighted by Crippen LogP contribution is 2.46. The Hall–Kier alpha value is -3.30. The van der Waals surface area contributed by atoms with Crippen molar-refractivity contribution in [3.05, 3.63) is 30.2 Å². The molecule has 0 saturated carbocycles. The van der Waals surface area contributed by atoms with Crippen LogP contribution in [-0.4, -0.2) is 90.2 Å². The van der Waals surface area contributed by atoms with E-state index >= 15 is 0 Å². The van der Waals surface area contributed by atoms with Crippen molar-refractivity contribution in [3.63, 3.8) is 0 Å². The predicted molar refractivity (Wildman–Crippen MR) is 123 cm³/mol. The quantitative estimate of drug-likeness (QED) is 0.250. The molecule has 13 nitrogen and oxygen atoms in total. The lowest BCUT2D eigenvalue weighted by Crippen LogP contribution is -2.75. The maximum absolute atomic E-state index is 13.1. The molecule has 1 aromatic carbocycles. The van der Waals surface area contributed by atoms with Crippen LogP contribution < -0.4 is 10.6 Å². The van der Waals surface area contributed by atoms with Crippen LogP contribution in [-0.2, 0) is 25.6 Å². The summed E-state index contributed by atoms with van der Waals surface area (Å²) in [5, 5.41) is 35.3. The number of amides is 2. The molecular formula is C20H21N5O8S2. The van der Waals surface area contributed by atoms with Gasteiger partial charge in [0.15, 0.2) is 0 Å². The number of phenolic OH excluding ortho intramolecular Hbond substituents is 1. The highest BCUT2D eigenvalue weighted by atomic mass is 32.2. The van der Waals surface area contributed by atoms with Gasteiger partial charge in [-0.05, 0) is 24.3 Å². The minimum atomic E-state index is -1.32. The lowest BCUT2D eigenvalue weighted by atomic mass is 9.89. The number of aliphatic carboxylic acids is 2. The Labute approximate surface area is 206 Å². The molecule has 2 fully saturated rings. The summed E-state index contributed by atoms with van der Waals surface area (Å²) >= 11 is 2.22. The van der Waals surface area contributed by atoms with Gasteiger partial charge >= 0.3 is 11.9 Å². The van der Waals surface area contributed by atoms with Crippen LogP contribution in [0.2, 0.25) is 0 Å². The van der Waals surface area contributed by atoms with Crippen molar-refractivity contribution in [2.75, 3.05) is 29.5 Å². The number of aromatic hydroxyl groups is 1. The van der Waals surface area contributed by atoms with Gasteiger partial charge in [0.25, 0.3) is 5.22 Å². The number of carboxylic acid groups (broad SMARTS) is 2. The topological polar surface area (TPSA) is 200 Å². The summed E-state index contributed by atoms with van der Waals surface area (Å²) in [6.45, 7) is -0.412. The Kier molecular flexibility index (Phi) is 6.91. The van der Waals surface area contributed by atoms with E-state index in [4.69, 9.17) is 15.3 Å². The predicted octanol–water partition coefficient (Wildman–Crippen LogP) is -0.159. The van der Waals surface area contributed by atoms with Crippen molar-refractivity contribution in [2.45, 2.75) is 23.1 Å². The van der Waals surface area contributed by atoms with Gasteiger partial charge in [-0.25, -0.2) is 0 Å². The Balaban J connectivity index is 1.49. The van der Waals surface area contributed by atoms with E-state index in [2.05, 4.69) is 10.2 Å². The van der Waals surface area contributed by atoms with Crippen molar-refractivity contribution in [1.82, 2.24) is 15.1 Å². The maximum Gasteiger partial charge on any atom is 0.313 e. The Morgan fingerprint density at radius 1 is 1.26 bits per heavy atom. The van der Waals surface area contributed by atoms with Gasteiger partial charge in [-0.3, -0.25) is 24.1 Å². The van der Waals surface area contributed by atoms with Crippen LogP contribution >= 0.6 is 23.5 Å². The molecule has 2 saturated heterocycles. The molecule has 1 aromatic heterocycles. The van der Waals surface area contributed by atoms with Crippen molar-refractivity contribution < 1.29 is 38.9 Å². The van der Waals surface area contributed by atoms with Crippen LogP contribution in [0, 0.1) is 5.41 Å². The van der Waals surface area contributed by atoms with Gasteiger partial charge in [0.2, 0.25) is 17.7 Å². The number of fused-ring (bicyclic) bond motifs is 1. The van der Waals surface area contributed by atoms with Gasteiger partial charge < -0.3 is 30.4 Å². The number of aromatic nitrogens is 2. The van der Waals surface area contributed by atoms with Crippen LogP contribution in [0.25, 0.3) is 0 Å². The van der Waals surface area contributed by atoms with Crippen molar-refractivity contribution >= 4 is 53.0 Å². The molecule has 186 valence electrons. The zero-order valence-corrected chi connectivity index (χ0v) is 19.7. The molecule has 3 atom stereocenters. The number of hydrogen-bond acceptors (Lipinski definition) is 11. The SMILES string of the molecule is NCC(=O)N(c1ccc(O)cc1)C1C(=O)N2CC(CSc3nnc(CC(=O)O)o3)(C(=O)O)CS[C@H]12. The number of carboxylic acids is 2. The molecule has 2 unspecified atom stereocenters. The van der Waals surface area contributed by atoms with E-state index in [9.17, 15) is 29.4 Å². The van der Waals surface area contributed by atoms with E-state index in [1.807, 2.05) is 0 Å². The first kappa shape index (κ1) is 24.8. The number of thioether (sulfide) groups is 2. The first-order chi connectivity index (χ1) is 16.6. The van der Waals surface area contributed by atoms with E-state index < -0.39 is 47.0 Å². The van der Waals surface area contributed by atoms with Gasteiger partial charge in [0.1, 0.15) is 29.0 Å². The summed E-state index contributed by atoms with van der Waals surface area (Å²) in [6.07, 6.45) is -0.447. The first-order valence-electron chi connectivity index (χ1n) is 10.3. The fourth-order valence-corrected chi connectivity index (χ4v) is 6.54. The zero-order chi connectivity index (χ0) is 25.3. The fraction of sp³-hybridized carbons (Fsp3) is 0.400. The zero-order valence-electron chi connectivity index (χ0n) is 18.1. The molecule has 3 heterocycles. The van der Waals surface area contributed by atoms with Gasteiger partial charge in [-0.2, -0.15) is 0 Å². The number of carbonyl (C=O) groups excluding carboxylic acids is 2. The molecule has 35 heavy (non-hydrogen) atoms. The number of β-lactam (4-membered cyclic amide) rings is 1. The molecule has 0 bridgehead atoms. The molecule has 0 spiro atoms. The van der Waals surface area contributed by atoms with Crippen molar-refractivity contribution in [3.8, 4) is 5.75 Å². The number of anilines is 1. The third-order valence-corrected chi connectivity index (χ3v) is 8.32. The van der Waals surface area contributed by atoms with E-state index in [0.717, 1.165) is 11.8 Å². The molecular weight excluding hydrogens is 502 g/mol. The summed E-state index contributed by atoms with van der Waals surface area (Å²) in [4.78, 5) is 51.5. The molecule has 2 aliphatic heterocycles. The molecule has 0 aliphatic carbocycles. The van der Waals surface area contributed by atoms with E-state index in [1.54, 1.807) is 0 Å². The molecule has 2 aliphatic rings. The maximum atomic E-state index is 13.1. The van der Waals surface area contributed by atoms with E-state index in [1.165, 1.54) is 45.8 Å². The van der Waals surface area contributed by atoms with E-state index in [-0.39, 0.29) is 41.5 Å². The third-order valence-electron chi connectivity index (χ3n) is 5.64. The van der Waals surface area contributed by atoms with Crippen molar-refractivity contribution in [1.29, 1.82) is 0 Å². The monoisotopic (exact) mass is 523 g/mol. The van der Waals surface area contributed by atoms with Crippen LogP contribution in [0.4, 0.5) is 5.69 Å². The highest BCUT2D eigenvalue weighted by Gasteiger charge is 2.59. The summed E-state index contributed by atoms with van der Waals surface area (Å²) < 4.78 is 5.24. The number of rotatable bonds is 9. The third kappa shape index (κ3) is 4.78. The van der Waals surface area contributed by atoms with Gasteiger partial charge in [0.05, 0.1) is 6.54 Å². The van der Waals surface area contributed by atoms with Gasteiger partial charge in [-0.15, -0.1) is 22.0 Å². The number of phenols is 1. The molecule has 15 heteroatoms. The summed E-state index contributed by atoms with van der Waals surface area (Å²) in [6, 6.07) is 4.95. The summed E-state index contributed by atoms with van der Waals surface area (Å²) in [7, 11) is 0. The second-order valence-electron chi connectivity index (χ2n) is 8.00.